The molecule has 2 aromatic carbocycles. The number of benzene rings is 2. The minimum Gasteiger partial charge on any atom is -0.309 e. The van der Waals surface area contributed by atoms with Crippen LogP contribution in [0.25, 0.3) is 27.5 Å². The van der Waals surface area contributed by atoms with Crippen LogP contribution in [0.1, 0.15) is 11.1 Å². The quantitative estimate of drug-likeness (QED) is 0.487. The first-order chi connectivity index (χ1) is 10.2. The van der Waals surface area contributed by atoms with Gasteiger partial charge in [0.2, 0.25) is 0 Å². The Bertz CT molecular complexity index is 947. The van der Waals surface area contributed by atoms with Crippen molar-refractivity contribution in [3.8, 4) is 5.69 Å². The highest BCUT2D eigenvalue weighted by Crippen LogP contribution is 2.31. The van der Waals surface area contributed by atoms with Crippen LogP contribution in [0.15, 0.2) is 60.9 Å². The summed E-state index contributed by atoms with van der Waals surface area (Å²) in [6, 6.07) is 17.4. The van der Waals surface area contributed by atoms with Crippen molar-refractivity contribution in [3.05, 3.63) is 72.1 Å². The number of rotatable bonds is 1. The van der Waals surface area contributed by atoms with E-state index in [0.29, 0.717) is 0 Å². The maximum atomic E-state index is 4.30. The first-order valence-electron chi connectivity index (χ1n) is 7.16. The molecule has 0 N–H and O–H groups in total. The Balaban J connectivity index is 2.17. The maximum Gasteiger partial charge on any atom is 0.0571 e. The molecule has 0 aliphatic heterocycles. The molecule has 0 aliphatic carbocycles. The second kappa shape index (κ2) is 4.45. The minimum atomic E-state index is 1.19. The van der Waals surface area contributed by atoms with E-state index < -0.39 is 0 Å². The van der Waals surface area contributed by atoms with E-state index in [1.807, 2.05) is 12.4 Å². The summed E-state index contributed by atoms with van der Waals surface area (Å²) >= 11 is 0. The van der Waals surface area contributed by atoms with E-state index in [9.17, 15) is 0 Å². The summed E-state index contributed by atoms with van der Waals surface area (Å²) in [7, 11) is 0. The van der Waals surface area contributed by atoms with E-state index in [1.54, 1.807) is 0 Å². The first-order valence-corrected chi connectivity index (χ1v) is 7.16. The Morgan fingerprint density at radius 1 is 0.762 bits per heavy atom. The third kappa shape index (κ3) is 1.83. The zero-order chi connectivity index (χ0) is 14.4. The van der Waals surface area contributed by atoms with Crippen LogP contribution < -0.4 is 0 Å². The molecule has 102 valence electrons. The van der Waals surface area contributed by atoms with Gasteiger partial charge in [-0.1, -0.05) is 29.3 Å². The predicted molar refractivity (Wildman–Crippen MR) is 88.1 cm³/mol. The summed E-state index contributed by atoms with van der Waals surface area (Å²) in [5.74, 6) is 0. The summed E-state index contributed by atoms with van der Waals surface area (Å²) in [6.45, 7) is 4.24. The molecule has 21 heavy (non-hydrogen) atoms. The van der Waals surface area contributed by atoms with Gasteiger partial charge < -0.3 is 4.57 Å². The van der Waals surface area contributed by atoms with Gasteiger partial charge in [0.15, 0.2) is 0 Å². The zero-order valence-corrected chi connectivity index (χ0v) is 12.2. The summed E-state index contributed by atoms with van der Waals surface area (Å²) in [5.41, 5.74) is 6.17. The van der Waals surface area contributed by atoms with E-state index in [0.717, 1.165) is 0 Å². The van der Waals surface area contributed by atoms with Crippen molar-refractivity contribution in [3.63, 3.8) is 0 Å². The fourth-order valence-electron chi connectivity index (χ4n) is 2.95. The molecule has 0 saturated heterocycles. The lowest BCUT2D eigenvalue weighted by atomic mass is 10.1. The number of aryl methyl sites for hydroxylation is 2. The monoisotopic (exact) mass is 272 g/mol. The van der Waals surface area contributed by atoms with Crippen LogP contribution >= 0.6 is 0 Å². The molecule has 4 aromatic rings. The Morgan fingerprint density at radius 3 is 2.29 bits per heavy atom. The van der Waals surface area contributed by atoms with Crippen LogP contribution in [-0.2, 0) is 0 Å². The van der Waals surface area contributed by atoms with Gasteiger partial charge in [0.1, 0.15) is 0 Å². The molecule has 0 spiro atoms. The van der Waals surface area contributed by atoms with E-state index in [4.69, 9.17) is 0 Å². The fraction of sp³-hybridized carbons (Fsp3) is 0.105. The molecular weight excluding hydrogens is 256 g/mol. The fourth-order valence-corrected chi connectivity index (χ4v) is 2.95. The third-order valence-electron chi connectivity index (χ3n) is 4.01. The smallest absolute Gasteiger partial charge is 0.0571 e. The third-order valence-corrected chi connectivity index (χ3v) is 4.01. The molecule has 0 unspecified atom stereocenters. The highest BCUT2D eigenvalue weighted by Gasteiger charge is 2.11. The van der Waals surface area contributed by atoms with Gasteiger partial charge >= 0.3 is 0 Å². The highest BCUT2D eigenvalue weighted by molar-refractivity contribution is 6.09. The van der Waals surface area contributed by atoms with Crippen LogP contribution in [0.3, 0.4) is 0 Å². The SMILES string of the molecule is Cc1ccc(-n2c3ccncc3c3cc(C)ccc32)cc1. The van der Waals surface area contributed by atoms with Crippen molar-refractivity contribution in [2.75, 3.05) is 0 Å². The number of hydrogen-bond acceptors (Lipinski definition) is 1. The van der Waals surface area contributed by atoms with Crippen molar-refractivity contribution in [1.82, 2.24) is 9.55 Å². The lowest BCUT2D eigenvalue weighted by molar-refractivity contribution is 1.17. The molecule has 4 rings (SSSR count). The van der Waals surface area contributed by atoms with Crippen LogP contribution in [0.5, 0.6) is 0 Å². The molecule has 0 amide bonds. The van der Waals surface area contributed by atoms with Crippen LogP contribution in [-0.4, -0.2) is 9.55 Å². The number of fused-ring (bicyclic) bond motifs is 3. The average Bonchev–Trinajstić information content (AvgIpc) is 2.82. The number of aromatic nitrogens is 2. The minimum absolute atomic E-state index is 1.19. The van der Waals surface area contributed by atoms with Crippen LogP contribution in [0, 0.1) is 13.8 Å². The van der Waals surface area contributed by atoms with Crippen LogP contribution in [0.4, 0.5) is 0 Å². The molecule has 0 saturated carbocycles. The maximum absolute atomic E-state index is 4.30. The van der Waals surface area contributed by atoms with Gasteiger partial charge in [0.25, 0.3) is 0 Å². The van der Waals surface area contributed by atoms with Crippen molar-refractivity contribution in [1.29, 1.82) is 0 Å². The van der Waals surface area contributed by atoms with Gasteiger partial charge in [0, 0.05) is 28.9 Å². The van der Waals surface area contributed by atoms with Crippen molar-refractivity contribution in [2.45, 2.75) is 13.8 Å². The molecule has 2 nitrogen and oxygen atoms in total. The normalized spacial score (nSPS) is 11.3. The first kappa shape index (κ1) is 12.2. The summed E-state index contributed by atoms with van der Waals surface area (Å²) < 4.78 is 2.31. The van der Waals surface area contributed by atoms with Crippen molar-refractivity contribution < 1.29 is 0 Å². The Labute approximate surface area is 123 Å². The molecule has 0 bridgehead atoms. The predicted octanol–water partition coefficient (Wildman–Crippen LogP) is 4.80. The molecule has 2 heterocycles. The number of pyridine rings is 1. The molecule has 0 atom stereocenters. The molecule has 2 aromatic heterocycles. The Morgan fingerprint density at radius 2 is 1.48 bits per heavy atom. The standard InChI is InChI=1S/C19H16N2/c1-13-3-6-15(7-4-13)21-18-8-5-14(2)11-16(18)17-12-20-10-9-19(17)21/h3-12H,1-2H3. The van der Waals surface area contributed by atoms with Gasteiger partial charge in [-0.3, -0.25) is 4.98 Å². The van der Waals surface area contributed by atoms with Gasteiger partial charge in [-0.25, -0.2) is 0 Å². The van der Waals surface area contributed by atoms with Crippen molar-refractivity contribution in [2.24, 2.45) is 0 Å². The topological polar surface area (TPSA) is 17.8 Å². The van der Waals surface area contributed by atoms with E-state index in [2.05, 4.69) is 71.9 Å². The molecule has 2 heteroatoms. The number of nitrogens with zero attached hydrogens (tertiary/aromatic N) is 2. The van der Waals surface area contributed by atoms with Gasteiger partial charge in [-0.05, 0) is 44.2 Å². The van der Waals surface area contributed by atoms with Crippen molar-refractivity contribution >= 4 is 21.8 Å². The summed E-state index contributed by atoms with van der Waals surface area (Å²) in [6.07, 6.45) is 3.82. The lowest BCUT2D eigenvalue weighted by Crippen LogP contribution is -1.93. The number of hydrogen-bond donors (Lipinski definition) is 0. The second-order valence-corrected chi connectivity index (χ2v) is 5.58. The molecule has 0 fully saturated rings. The molecule has 0 aliphatic rings. The Kier molecular flexibility index (Phi) is 2.58. The van der Waals surface area contributed by atoms with Crippen LogP contribution in [0.2, 0.25) is 0 Å². The highest BCUT2D eigenvalue weighted by atomic mass is 15.0. The zero-order valence-electron chi connectivity index (χ0n) is 12.2. The van der Waals surface area contributed by atoms with Gasteiger partial charge in [-0.15, -0.1) is 0 Å². The average molecular weight is 272 g/mol. The van der Waals surface area contributed by atoms with E-state index >= 15 is 0 Å². The van der Waals surface area contributed by atoms with Gasteiger partial charge in [0.05, 0.1) is 11.0 Å². The summed E-state index contributed by atoms with van der Waals surface area (Å²) in [5, 5.41) is 2.47. The lowest BCUT2D eigenvalue weighted by Gasteiger charge is -2.08. The largest absolute Gasteiger partial charge is 0.309 e. The second-order valence-electron chi connectivity index (χ2n) is 5.58. The molecular formula is C19H16N2. The van der Waals surface area contributed by atoms with Gasteiger partial charge in [-0.2, -0.15) is 0 Å². The van der Waals surface area contributed by atoms with E-state index in [1.165, 1.54) is 38.6 Å². The molecule has 0 radical (unpaired) electrons. The Hall–Kier alpha value is -2.61. The van der Waals surface area contributed by atoms with E-state index in [-0.39, 0.29) is 0 Å². The summed E-state index contributed by atoms with van der Waals surface area (Å²) in [4.78, 5) is 4.30.